The zero-order valence-corrected chi connectivity index (χ0v) is 13.3. The Morgan fingerprint density at radius 2 is 2.04 bits per heavy atom. The van der Waals surface area contributed by atoms with E-state index < -0.39 is 5.97 Å². The van der Waals surface area contributed by atoms with Gasteiger partial charge in [-0.3, -0.25) is 4.79 Å². The SMILES string of the molecule is Cc1cc(C(=O)O)c2c(C)nn(CC(=O)NC3CCCC3)c2n1. The number of aromatic carboxylic acids is 1. The number of amides is 1. The van der Waals surface area contributed by atoms with Crippen molar-refractivity contribution in [2.45, 2.75) is 52.1 Å². The number of carboxylic acid groups (broad SMARTS) is 1. The van der Waals surface area contributed by atoms with Crippen LogP contribution in [0.4, 0.5) is 0 Å². The number of nitrogens with one attached hydrogen (secondary N) is 1. The van der Waals surface area contributed by atoms with Crippen LogP contribution in [0, 0.1) is 13.8 Å². The third-order valence-corrected chi connectivity index (χ3v) is 4.25. The highest BCUT2D eigenvalue weighted by atomic mass is 16.4. The van der Waals surface area contributed by atoms with Gasteiger partial charge in [-0.1, -0.05) is 12.8 Å². The van der Waals surface area contributed by atoms with Crippen LogP contribution in [0.5, 0.6) is 0 Å². The summed E-state index contributed by atoms with van der Waals surface area (Å²) in [5.41, 5.74) is 1.78. The summed E-state index contributed by atoms with van der Waals surface area (Å²) in [5, 5.41) is 17.2. The van der Waals surface area contributed by atoms with E-state index in [9.17, 15) is 14.7 Å². The lowest BCUT2D eigenvalue weighted by Gasteiger charge is -2.12. The van der Waals surface area contributed by atoms with Gasteiger partial charge in [0.2, 0.25) is 5.91 Å². The monoisotopic (exact) mass is 316 g/mol. The van der Waals surface area contributed by atoms with Gasteiger partial charge in [0.25, 0.3) is 0 Å². The molecule has 0 spiro atoms. The average molecular weight is 316 g/mol. The van der Waals surface area contributed by atoms with Crippen molar-refractivity contribution in [3.05, 3.63) is 23.0 Å². The number of nitrogens with zero attached hydrogens (tertiary/aromatic N) is 3. The molecule has 0 aliphatic heterocycles. The molecule has 0 atom stereocenters. The summed E-state index contributed by atoms with van der Waals surface area (Å²) in [5.74, 6) is -1.12. The number of aromatic nitrogens is 3. The van der Waals surface area contributed by atoms with Crippen molar-refractivity contribution in [2.24, 2.45) is 0 Å². The Hall–Kier alpha value is -2.44. The normalized spacial score (nSPS) is 15.2. The molecule has 2 aromatic heterocycles. The molecule has 1 amide bonds. The molecule has 2 N–H and O–H groups in total. The molecule has 2 aromatic rings. The van der Waals surface area contributed by atoms with Gasteiger partial charge in [0.1, 0.15) is 6.54 Å². The van der Waals surface area contributed by atoms with Gasteiger partial charge in [0.05, 0.1) is 16.6 Å². The van der Waals surface area contributed by atoms with Gasteiger partial charge in [0.15, 0.2) is 5.65 Å². The molecule has 0 aromatic carbocycles. The maximum atomic E-state index is 12.2. The molecule has 122 valence electrons. The van der Waals surface area contributed by atoms with Crippen LogP contribution in [0.2, 0.25) is 0 Å². The minimum Gasteiger partial charge on any atom is -0.478 e. The van der Waals surface area contributed by atoms with Crippen molar-refractivity contribution in [3.8, 4) is 0 Å². The summed E-state index contributed by atoms with van der Waals surface area (Å²) in [7, 11) is 0. The van der Waals surface area contributed by atoms with Gasteiger partial charge in [-0.25, -0.2) is 14.5 Å². The molecular weight excluding hydrogens is 296 g/mol. The number of aryl methyl sites for hydroxylation is 2. The van der Waals surface area contributed by atoms with Crippen LogP contribution in [0.3, 0.4) is 0 Å². The Morgan fingerprint density at radius 1 is 1.35 bits per heavy atom. The summed E-state index contributed by atoms with van der Waals surface area (Å²) in [6.45, 7) is 3.52. The van der Waals surface area contributed by atoms with Crippen molar-refractivity contribution in [1.29, 1.82) is 0 Å². The summed E-state index contributed by atoms with van der Waals surface area (Å²) >= 11 is 0. The molecule has 1 aliphatic carbocycles. The number of rotatable bonds is 4. The molecule has 1 saturated carbocycles. The van der Waals surface area contributed by atoms with Crippen LogP contribution in [0.1, 0.15) is 47.4 Å². The number of fused-ring (bicyclic) bond motifs is 1. The van der Waals surface area contributed by atoms with Crippen molar-refractivity contribution in [3.63, 3.8) is 0 Å². The minimum atomic E-state index is -1.02. The van der Waals surface area contributed by atoms with E-state index in [4.69, 9.17) is 0 Å². The summed E-state index contributed by atoms with van der Waals surface area (Å²) < 4.78 is 1.49. The fourth-order valence-electron chi connectivity index (χ4n) is 3.24. The summed E-state index contributed by atoms with van der Waals surface area (Å²) in [6, 6.07) is 1.78. The molecule has 3 rings (SSSR count). The van der Waals surface area contributed by atoms with Gasteiger partial charge < -0.3 is 10.4 Å². The third-order valence-electron chi connectivity index (χ3n) is 4.25. The fourth-order valence-corrected chi connectivity index (χ4v) is 3.24. The summed E-state index contributed by atoms with van der Waals surface area (Å²) in [4.78, 5) is 28.0. The average Bonchev–Trinajstić information content (AvgIpc) is 3.07. The van der Waals surface area contributed by atoms with Crippen molar-refractivity contribution >= 4 is 22.9 Å². The van der Waals surface area contributed by atoms with E-state index in [0.717, 1.165) is 25.7 Å². The number of hydrogen-bond donors (Lipinski definition) is 2. The number of carbonyl (C=O) groups is 2. The zero-order valence-electron chi connectivity index (χ0n) is 13.3. The van der Waals surface area contributed by atoms with Gasteiger partial charge in [-0.15, -0.1) is 0 Å². The van der Waals surface area contributed by atoms with E-state index in [-0.39, 0.29) is 24.1 Å². The Kier molecular flexibility index (Phi) is 4.02. The number of pyridine rings is 1. The van der Waals surface area contributed by atoms with Crippen LogP contribution in [0.25, 0.3) is 11.0 Å². The first-order valence-electron chi connectivity index (χ1n) is 7.83. The van der Waals surface area contributed by atoms with Crippen LogP contribution in [-0.2, 0) is 11.3 Å². The molecule has 0 radical (unpaired) electrons. The lowest BCUT2D eigenvalue weighted by Crippen LogP contribution is -2.35. The third kappa shape index (κ3) is 3.04. The van der Waals surface area contributed by atoms with E-state index in [2.05, 4.69) is 15.4 Å². The lowest BCUT2D eigenvalue weighted by molar-refractivity contribution is -0.122. The van der Waals surface area contributed by atoms with E-state index >= 15 is 0 Å². The Morgan fingerprint density at radius 3 is 2.70 bits per heavy atom. The molecule has 0 unspecified atom stereocenters. The maximum Gasteiger partial charge on any atom is 0.336 e. The predicted octanol–water partition coefficient (Wildman–Crippen LogP) is 1.81. The van der Waals surface area contributed by atoms with Gasteiger partial charge in [-0.2, -0.15) is 5.10 Å². The summed E-state index contributed by atoms with van der Waals surface area (Å²) in [6.07, 6.45) is 4.34. The standard InChI is InChI=1S/C16H20N4O3/c1-9-7-12(16(22)23)14-10(2)19-20(15(14)17-9)8-13(21)18-11-5-3-4-6-11/h7,11H,3-6,8H2,1-2H3,(H,18,21)(H,22,23). The van der Waals surface area contributed by atoms with Gasteiger partial charge in [-0.05, 0) is 32.8 Å². The number of hydrogen-bond acceptors (Lipinski definition) is 4. The highest BCUT2D eigenvalue weighted by Crippen LogP contribution is 2.22. The Bertz CT molecular complexity index is 775. The highest BCUT2D eigenvalue weighted by Gasteiger charge is 2.21. The minimum absolute atomic E-state index is 0.0519. The molecule has 1 aliphatic rings. The highest BCUT2D eigenvalue weighted by molar-refractivity contribution is 6.03. The number of carboxylic acids is 1. The molecule has 23 heavy (non-hydrogen) atoms. The molecule has 0 saturated heterocycles. The molecule has 0 bridgehead atoms. The van der Waals surface area contributed by atoms with Gasteiger partial charge in [0, 0.05) is 11.7 Å². The second-order valence-electron chi connectivity index (χ2n) is 6.11. The Labute approximate surface area is 133 Å². The smallest absolute Gasteiger partial charge is 0.336 e. The second-order valence-corrected chi connectivity index (χ2v) is 6.11. The van der Waals surface area contributed by atoms with E-state index in [1.165, 1.54) is 10.7 Å². The first-order valence-corrected chi connectivity index (χ1v) is 7.83. The van der Waals surface area contributed by atoms with Crippen molar-refractivity contribution in [1.82, 2.24) is 20.1 Å². The first-order chi connectivity index (χ1) is 11.0. The van der Waals surface area contributed by atoms with Gasteiger partial charge >= 0.3 is 5.97 Å². The fraction of sp³-hybridized carbons (Fsp3) is 0.500. The topological polar surface area (TPSA) is 97.1 Å². The van der Waals surface area contributed by atoms with Crippen molar-refractivity contribution < 1.29 is 14.7 Å². The first kappa shape index (κ1) is 15.5. The van der Waals surface area contributed by atoms with E-state index in [1.54, 1.807) is 13.8 Å². The molecule has 7 nitrogen and oxygen atoms in total. The molecule has 2 heterocycles. The second kappa shape index (κ2) is 5.98. The van der Waals surface area contributed by atoms with Crippen LogP contribution < -0.4 is 5.32 Å². The zero-order chi connectivity index (χ0) is 16.6. The van der Waals surface area contributed by atoms with E-state index in [1.807, 2.05) is 0 Å². The number of carbonyl (C=O) groups excluding carboxylic acids is 1. The quantitative estimate of drug-likeness (QED) is 0.896. The maximum absolute atomic E-state index is 12.2. The van der Waals surface area contributed by atoms with Crippen LogP contribution >= 0.6 is 0 Å². The molecular formula is C16H20N4O3. The van der Waals surface area contributed by atoms with E-state index in [0.29, 0.717) is 22.4 Å². The van der Waals surface area contributed by atoms with Crippen LogP contribution in [-0.4, -0.2) is 37.8 Å². The molecule has 1 fully saturated rings. The van der Waals surface area contributed by atoms with Crippen molar-refractivity contribution in [2.75, 3.05) is 0 Å². The predicted molar refractivity (Wildman–Crippen MR) is 84.4 cm³/mol. The lowest BCUT2D eigenvalue weighted by atomic mass is 10.1. The molecule has 7 heteroatoms. The largest absolute Gasteiger partial charge is 0.478 e. The Balaban J connectivity index is 1.92. The van der Waals surface area contributed by atoms with Crippen LogP contribution in [0.15, 0.2) is 6.07 Å².